The molecule has 0 aromatic heterocycles. The SMILES string of the molecule is CCCOCCCNc1ccc(I)cc1[N+](=O)[O-]. The third-order valence-electron chi connectivity index (χ3n) is 2.29. The zero-order valence-electron chi connectivity index (χ0n) is 10.3. The average Bonchev–Trinajstić information content (AvgIpc) is 2.35. The molecule has 0 aliphatic heterocycles. The molecule has 1 aromatic rings. The smallest absolute Gasteiger partial charge is 0.293 e. The van der Waals surface area contributed by atoms with Crippen molar-refractivity contribution in [3.63, 3.8) is 0 Å². The Morgan fingerprint density at radius 3 is 2.89 bits per heavy atom. The van der Waals surface area contributed by atoms with E-state index in [9.17, 15) is 10.1 Å². The minimum atomic E-state index is -0.363. The summed E-state index contributed by atoms with van der Waals surface area (Å²) in [5.41, 5.74) is 0.687. The van der Waals surface area contributed by atoms with Gasteiger partial charge in [-0.3, -0.25) is 10.1 Å². The summed E-state index contributed by atoms with van der Waals surface area (Å²) in [6.07, 6.45) is 1.85. The predicted octanol–water partition coefficient (Wildman–Crippen LogP) is 3.43. The summed E-state index contributed by atoms with van der Waals surface area (Å²) >= 11 is 2.06. The van der Waals surface area contributed by atoms with E-state index in [1.165, 1.54) is 0 Å². The first-order valence-corrected chi connectivity index (χ1v) is 6.98. The molecule has 0 aliphatic rings. The minimum Gasteiger partial charge on any atom is -0.381 e. The number of hydrogen-bond acceptors (Lipinski definition) is 4. The van der Waals surface area contributed by atoms with E-state index in [1.54, 1.807) is 12.1 Å². The Kier molecular flexibility index (Phi) is 6.96. The molecule has 100 valence electrons. The molecule has 0 fully saturated rings. The highest BCUT2D eigenvalue weighted by Gasteiger charge is 2.13. The Bertz CT molecular complexity index is 399. The van der Waals surface area contributed by atoms with E-state index in [2.05, 4.69) is 34.8 Å². The van der Waals surface area contributed by atoms with Gasteiger partial charge in [0.25, 0.3) is 5.69 Å². The minimum absolute atomic E-state index is 0.122. The molecule has 0 bridgehead atoms. The van der Waals surface area contributed by atoms with E-state index in [-0.39, 0.29) is 10.6 Å². The molecule has 0 saturated heterocycles. The van der Waals surface area contributed by atoms with Gasteiger partial charge in [0.2, 0.25) is 0 Å². The average molecular weight is 364 g/mol. The number of benzene rings is 1. The van der Waals surface area contributed by atoms with E-state index in [0.717, 1.165) is 23.0 Å². The van der Waals surface area contributed by atoms with Gasteiger partial charge in [0, 0.05) is 29.4 Å². The lowest BCUT2D eigenvalue weighted by atomic mass is 10.2. The van der Waals surface area contributed by atoms with Crippen molar-refractivity contribution in [2.75, 3.05) is 25.1 Å². The fraction of sp³-hybridized carbons (Fsp3) is 0.500. The molecule has 0 unspecified atom stereocenters. The Labute approximate surface area is 120 Å². The van der Waals surface area contributed by atoms with Crippen molar-refractivity contribution in [3.05, 3.63) is 31.9 Å². The van der Waals surface area contributed by atoms with Crippen LogP contribution in [-0.4, -0.2) is 24.7 Å². The summed E-state index contributed by atoms with van der Waals surface area (Å²) < 4.78 is 6.20. The van der Waals surface area contributed by atoms with Crippen LogP contribution in [0.3, 0.4) is 0 Å². The first-order valence-electron chi connectivity index (χ1n) is 5.90. The standard InChI is InChI=1S/C12H17IN2O3/c1-2-7-18-8-3-6-14-11-5-4-10(13)9-12(11)15(16)17/h4-5,9,14H,2-3,6-8H2,1H3. The molecular weight excluding hydrogens is 347 g/mol. The number of nitrogens with zero attached hydrogens (tertiary/aromatic N) is 1. The molecule has 0 spiro atoms. The molecule has 1 aromatic carbocycles. The van der Waals surface area contributed by atoms with Crippen molar-refractivity contribution in [3.8, 4) is 0 Å². The van der Waals surface area contributed by atoms with Gasteiger partial charge < -0.3 is 10.1 Å². The number of hydrogen-bond donors (Lipinski definition) is 1. The number of halogens is 1. The van der Waals surface area contributed by atoms with Crippen LogP contribution < -0.4 is 5.32 Å². The number of nitrogens with one attached hydrogen (secondary N) is 1. The summed E-state index contributed by atoms with van der Waals surface area (Å²) in [5.74, 6) is 0. The number of anilines is 1. The molecule has 5 nitrogen and oxygen atoms in total. The highest BCUT2D eigenvalue weighted by Crippen LogP contribution is 2.26. The molecule has 18 heavy (non-hydrogen) atoms. The number of ether oxygens (including phenoxy) is 1. The van der Waals surface area contributed by atoms with Crippen molar-refractivity contribution in [2.24, 2.45) is 0 Å². The van der Waals surface area contributed by atoms with Gasteiger partial charge >= 0.3 is 0 Å². The Balaban J connectivity index is 2.44. The lowest BCUT2D eigenvalue weighted by Gasteiger charge is -2.07. The summed E-state index contributed by atoms with van der Waals surface area (Å²) in [4.78, 5) is 10.5. The van der Waals surface area contributed by atoms with Gasteiger partial charge in [-0.25, -0.2) is 0 Å². The van der Waals surface area contributed by atoms with E-state index >= 15 is 0 Å². The third kappa shape index (κ3) is 5.18. The zero-order valence-corrected chi connectivity index (χ0v) is 12.5. The highest BCUT2D eigenvalue weighted by molar-refractivity contribution is 14.1. The van der Waals surface area contributed by atoms with Gasteiger partial charge in [-0.15, -0.1) is 0 Å². The van der Waals surface area contributed by atoms with Crippen LogP contribution in [0.5, 0.6) is 0 Å². The first-order chi connectivity index (χ1) is 8.65. The van der Waals surface area contributed by atoms with Crippen LogP contribution >= 0.6 is 22.6 Å². The molecule has 0 saturated carbocycles. The first kappa shape index (κ1) is 15.2. The maximum absolute atomic E-state index is 10.9. The van der Waals surface area contributed by atoms with Crippen molar-refractivity contribution >= 4 is 34.0 Å². The van der Waals surface area contributed by atoms with Gasteiger partial charge in [-0.05, 0) is 47.6 Å². The summed E-state index contributed by atoms with van der Waals surface area (Å²) in [7, 11) is 0. The molecule has 1 N–H and O–H groups in total. The fourth-order valence-corrected chi connectivity index (χ4v) is 1.92. The molecule has 0 heterocycles. The molecule has 0 amide bonds. The fourth-order valence-electron chi connectivity index (χ4n) is 1.45. The van der Waals surface area contributed by atoms with E-state index in [1.807, 2.05) is 6.07 Å². The quantitative estimate of drug-likeness (QED) is 0.332. The summed E-state index contributed by atoms with van der Waals surface area (Å²) in [6, 6.07) is 5.16. The van der Waals surface area contributed by atoms with Crippen molar-refractivity contribution in [1.29, 1.82) is 0 Å². The molecule has 1 rings (SSSR count). The number of rotatable bonds is 8. The molecule has 6 heteroatoms. The van der Waals surface area contributed by atoms with Crippen LogP contribution in [0.1, 0.15) is 19.8 Å². The van der Waals surface area contributed by atoms with Crippen molar-refractivity contribution < 1.29 is 9.66 Å². The van der Waals surface area contributed by atoms with Crippen LogP contribution in [0.2, 0.25) is 0 Å². The molecule has 0 radical (unpaired) electrons. The van der Waals surface area contributed by atoms with Gasteiger partial charge in [-0.1, -0.05) is 6.92 Å². The van der Waals surface area contributed by atoms with Crippen molar-refractivity contribution in [2.45, 2.75) is 19.8 Å². The normalized spacial score (nSPS) is 10.3. The molecule has 0 aliphatic carbocycles. The molecule has 0 atom stereocenters. The van der Waals surface area contributed by atoms with Crippen LogP contribution in [0.15, 0.2) is 18.2 Å². The third-order valence-corrected chi connectivity index (χ3v) is 2.96. The van der Waals surface area contributed by atoms with E-state index in [0.29, 0.717) is 18.8 Å². The Morgan fingerprint density at radius 2 is 2.22 bits per heavy atom. The maximum Gasteiger partial charge on any atom is 0.293 e. The van der Waals surface area contributed by atoms with Gasteiger partial charge in [0.1, 0.15) is 5.69 Å². The van der Waals surface area contributed by atoms with Crippen LogP contribution in [-0.2, 0) is 4.74 Å². The second-order valence-electron chi connectivity index (χ2n) is 3.81. The largest absolute Gasteiger partial charge is 0.381 e. The topological polar surface area (TPSA) is 64.4 Å². The highest BCUT2D eigenvalue weighted by atomic mass is 127. The van der Waals surface area contributed by atoms with Crippen LogP contribution in [0, 0.1) is 13.7 Å². The number of nitro benzene ring substituents is 1. The van der Waals surface area contributed by atoms with Gasteiger partial charge in [0.05, 0.1) is 4.92 Å². The van der Waals surface area contributed by atoms with Gasteiger partial charge in [-0.2, -0.15) is 0 Å². The maximum atomic E-state index is 10.9. The van der Waals surface area contributed by atoms with Crippen molar-refractivity contribution in [1.82, 2.24) is 0 Å². The lowest BCUT2D eigenvalue weighted by molar-refractivity contribution is -0.384. The number of nitro groups is 1. The van der Waals surface area contributed by atoms with E-state index < -0.39 is 0 Å². The summed E-state index contributed by atoms with van der Waals surface area (Å²) in [5, 5.41) is 14.0. The second kappa shape index (κ2) is 8.25. The lowest BCUT2D eigenvalue weighted by Crippen LogP contribution is -2.07. The summed E-state index contributed by atoms with van der Waals surface area (Å²) in [6.45, 7) is 4.18. The Hall–Kier alpha value is -0.890. The van der Waals surface area contributed by atoms with Crippen LogP contribution in [0.25, 0.3) is 0 Å². The Morgan fingerprint density at radius 1 is 1.44 bits per heavy atom. The predicted molar refractivity (Wildman–Crippen MR) is 80.0 cm³/mol. The zero-order chi connectivity index (χ0) is 13.4. The second-order valence-corrected chi connectivity index (χ2v) is 5.06. The molecular formula is C12H17IN2O3. The monoisotopic (exact) mass is 364 g/mol. The van der Waals surface area contributed by atoms with Gasteiger partial charge in [0.15, 0.2) is 0 Å². The van der Waals surface area contributed by atoms with Crippen LogP contribution in [0.4, 0.5) is 11.4 Å². The van der Waals surface area contributed by atoms with E-state index in [4.69, 9.17) is 4.74 Å².